The summed E-state index contributed by atoms with van der Waals surface area (Å²) in [5.74, 6) is 0.906. The molecule has 0 bridgehead atoms. The quantitative estimate of drug-likeness (QED) is 0.645. The lowest BCUT2D eigenvalue weighted by atomic mass is 10.1. The lowest BCUT2D eigenvalue weighted by Gasteiger charge is -2.21. The molecule has 0 radical (unpaired) electrons. The maximum Gasteiger partial charge on any atom is 0.142 e. The van der Waals surface area contributed by atoms with Crippen LogP contribution in [0.4, 0.5) is 5.69 Å². The van der Waals surface area contributed by atoms with Crippen molar-refractivity contribution in [3.63, 3.8) is 0 Å². The van der Waals surface area contributed by atoms with Gasteiger partial charge in [-0.2, -0.15) is 0 Å². The number of ether oxygens (including phenoxy) is 1. The van der Waals surface area contributed by atoms with Crippen LogP contribution in [0.5, 0.6) is 5.75 Å². The molecule has 0 spiro atoms. The largest absolute Gasteiger partial charge is 0.491 e. The third-order valence-electron chi connectivity index (χ3n) is 3.04. The van der Waals surface area contributed by atoms with Crippen molar-refractivity contribution in [2.45, 2.75) is 58.9 Å². The van der Waals surface area contributed by atoms with Gasteiger partial charge in [-0.25, -0.2) is 0 Å². The molecular weight excluding hydrogens is 258 g/mol. The van der Waals surface area contributed by atoms with Crippen LogP contribution in [0, 0.1) is 0 Å². The van der Waals surface area contributed by atoms with E-state index in [0.29, 0.717) is 6.04 Å². The van der Waals surface area contributed by atoms with Gasteiger partial charge in [-0.15, -0.1) is 0 Å². The van der Waals surface area contributed by atoms with E-state index in [0.717, 1.165) is 29.5 Å². The zero-order chi connectivity index (χ0) is 14.1. The molecule has 0 heterocycles. The Morgan fingerprint density at radius 1 is 1.11 bits per heavy atom. The molecule has 3 heteroatoms. The number of rotatable bonds is 9. The maximum atomic E-state index is 6.09. The van der Waals surface area contributed by atoms with Gasteiger partial charge in [0.2, 0.25) is 0 Å². The SMILES string of the molecule is CCCOc1ccc(Cl)cc1NC(CCC)CCC. The van der Waals surface area contributed by atoms with Crippen molar-refractivity contribution < 1.29 is 4.74 Å². The molecule has 1 rings (SSSR count). The average molecular weight is 284 g/mol. The van der Waals surface area contributed by atoms with Crippen LogP contribution < -0.4 is 10.1 Å². The Bertz CT molecular complexity index is 362. The monoisotopic (exact) mass is 283 g/mol. The fourth-order valence-electron chi connectivity index (χ4n) is 2.16. The summed E-state index contributed by atoms with van der Waals surface area (Å²) in [5, 5.41) is 4.34. The molecule has 2 nitrogen and oxygen atoms in total. The van der Waals surface area contributed by atoms with Crippen LogP contribution in [0.2, 0.25) is 5.02 Å². The molecule has 0 aliphatic rings. The highest BCUT2D eigenvalue weighted by atomic mass is 35.5. The van der Waals surface area contributed by atoms with Gasteiger partial charge in [0, 0.05) is 11.1 Å². The average Bonchev–Trinajstić information content (AvgIpc) is 2.38. The van der Waals surface area contributed by atoms with E-state index in [1.807, 2.05) is 18.2 Å². The minimum absolute atomic E-state index is 0.498. The lowest BCUT2D eigenvalue weighted by molar-refractivity contribution is 0.318. The van der Waals surface area contributed by atoms with E-state index >= 15 is 0 Å². The van der Waals surface area contributed by atoms with Gasteiger partial charge < -0.3 is 10.1 Å². The molecule has 0 aliphatic heterocycles. The van der Waals surface area contributed by atoms with Crippen LogP contribution >= 0.6 is 11.6 Å². The highest BCUT2D eigenvalue weighted by Crippen LogP contribution is 2.29. The Labute approximate surface area is 122 Å². The van der Waals surface area contributed by atoms with Crippen molar-refractivity contribution in [3.8, 4) is 5.75 Å². The summed E-state index contributed by atoms with van der Waals surface area (Å²) in [7, 11) is 0. The molecule has 19 heavy (non-hydrogen) atoms. The molecule has 1 aromatic rings. The number of hydrogen-bond donors (Lipinski definition) is 1. The highest BCUT2D eigenvalue weighted by Gasteiger charge is 2.11. The molecule has 0 fully saturated rings. The third-order valence-corrected chi connectivity index (χ3v) is 3.27. The minimum Gasteiger partial charge on any atom is -0.491 e. The van der Waals surface area contributed by atoms with Crippen LogP contribution in [0.25, 0.3) is 0 Å². The second-order valence-electron chi connectivity index (χ2n) is 4.91. The van der Waals surface area contributed by atoms with Gasteiger partial charge >= 0.3 is 0 Å². The number of benzene rings is 1. The first kappa shape index (κ1) is 16.2. The second kappa shape index (κ2) is 9.08. The standard InChI is InChI=1S/C16H26ClNO/c1-4-7-14(8-5-2)18-15-12-13(17)9-10-16(15)19-11-6-3/h9-10,12,14,18H,4-8,11H2,1-3H3. The van der Waals surface area contributed by atoms with E-state index in [2.05, 4.69) is 26.1 Å². The van der Waals surface area contributed by atoms with Crippen LogP contribution in [0.1, 0.15) is 52.9 Å². The first-order chi connectivity index (χ1) is 9.21. The van der Waals surface area contributed by atoms with E-state index in [-0.39, 0.29) is 0 Å². The normalized spacial score (nSPS) is 10.8. The fourth-order valence-corrected chi connectivity index (χ4v) is 2.33. The fraction of sp³-hybridized carbons (Fsp3) is 0.625. The van der Waals surface area contributed by atoms with Gasteiger partial charge in [-0.05, 0) is 37.5 Å². The van der Waals surface area contributed by atoms with Crippen LogP contribution in [-0.4, -0.2) is 12.6 Å². The molecule has 1 aromatic carbocycles. The molecule has 108 valence electrons. The molecule has 0 saturated carbocycles. The van der Waals surface area contributed by atoms with Gasteiger partial charge in [0.05, 0.1) is 12.3 Å². The summed E-state index contributed by atoms with van der Waals surface area (Å²) in [5.41, 5.74) is 1.02. The molecule has 0 saturated heterocycles. The Kier molecular flexibility index (Phi) is 7.73. The van der Waals surface area contributed by atoms with Gasteiger partial charge in [0.15, 0.2) is 0 Å². The third kappa shape index (κ3) is 5.73. The van der Waals surface area contributed by atoms with Crippen molar-refractivity contribution in [2.75, 3.05) is 11.9 Å². The zero-order valence-electron chi connectivity index (χ0n) is 12.3. The van der Waals surface area contributed by atoms with Crippen LogP contribution in [0.15, 0.2) is 18.2 Å². The first-order valence-corrected chi connectivity index (χ1v) is 7.77. The number of nitrogens with one attached hydrogen (secondary N) is 1. The Morgan fingerprint density at radius 2 is 1.79 bits per heavy atom. The summed E-state index contributed by atoms with van der Waals surface area (Å²) in [6.45, 7) is 7.29. The summed E-state index contributed by atoms with van der Waals surface area (Å²) in [6, 6.07) is 6.30. The van der Waals surface area contributed by atoms with E-state index < -0.39 is 0 Å². The number of hydrogen-bond acceptors (Lipinski definition) is 2. The minimum atomic E-state index is 0.498. The van der Waals surface area contributed by atoms with Gasteiger partial charge in [-0.3, -0.25) is 0 Å². The molecule has 0 aromatic heterocycles. The van der Waals surface area contributed by atoms with Gasteiger partial charge in [-0.1, -0.05) is 45.2 Å². The first-order valence-electron chi connectivity index (χ1n) is 7.40. The van der Waals surface area contributed by atoms with Crippen molar-refractivity contribution in [2.24, 2.45) is 0 Å². The van der Waals surface area contributed by atoms with E-state index in [1.165, 1.54) is 25.7 Å². The van der Waals surface area contributed by atoms with Crippen molar-refractivity contribution in [3.05, 3.63) is 23.2 Å². The van der Waals surface area contributed by atoms with E-state index in [9.17, 15) is 0 Å². The highest BCUT2D eigenvalue weighted by molar-refractivity contribution is 6.30. The summed E-state index contributed by atoms with van der Waals surface area (Å²) >= 11 is 6.09. The van der Waals surface area contributed by atoms with E-state index in [4.69, 9.17) is 16.3 Å². The summed E-state index contributed by atoms with van der Waals surface area (Å²) in [4.78, 5) is 0. The summed E-state index contributed by atoms with van der Waals surface area (Å²) in [6.07, 6.45) is 5.73. The molecule has 0 unspecified atom stereocenters. The smallest absolute Gasteiger partial charge is 0.142 e. The predicted octanol–water partition coefficient (Wildman–Crippen LogP) is 5.51. The second-order valence-corrected chi connectivity index (χ2v) is 5.34. The lowest BCUT2D eigenvalue weighted by Crippen LogP contribution is -2.19. The Morgan fingerprint density at radius 3 is 2.37 bits per heavy atom. The Balaban J connectivity index is 2.79. The molecule has 1 N–H and O–H groups in total. The summed E-state index contributed by atoms with van der Waals surface area (Å²) < 4.78 is 5.78. The molecular formula is C16H26ClNO. The van der Waals surface area contributed by atoms with Crippen molar-refractivity contribution in [1.82, 2.24) is 0 Å². The van der Waals surface area contributed by atoms with Gasteiger partial charge in [0.25, 0.3) is 0 Å². The zero-order valence-corrected chi connectivity index (χ0v) is 13.1. The molecule has 0 aliphatic carbocycles. The number of halogens is 1. The maximum absolute atomic E-state index is 6.09. The predicted molar refractivity (Wildman–Crippen MR) is 84.5 cm³/mol. The number of anilines is 1. The Hall–Kier alpha value is -0.890. The molecule has 0 amide bonds. The van der Waals surface area contributed by atoms with Crippen molar-refractivity contribution in [1.29, 1.82) is 0 Å². The van der Waals surface area contributed by atoms with Crippen molar-refractivity contribution >= 4 is 17.3 Å². The van der Waals surface area contributed by atoms with Crippen LogP contribution in [-0.2, 0) is 0 Å². The van der Waals surface area contributed by atoms with Crippen LogP contribution in [0.3, 0.4) is 0 Å². The van der Waals surface area contributed by atoms with E-state index in [1.54, 1.807) is 0 Å². The van der Waals surface area contributed by atoms with Gasteiger partial charge in [0.1, 0.15) is 5.75 Å². The molecule has 0 atom stereocenters. The topological polar surface area (TPSA) is 21.3 Å².